The Morgan fingerprint density at radius 1 is 1.03 bits per heavy atom. The molecule has 5 aromatic rings. The van der Waals surface area contributed by atoms with Crippen molar-refractivity contribution in [3.8, 4) is 22.8 Å². The molecule has 0 radical (unpaired) electrons. The molecule has 0 bridgehead atoms. The Hall–Kier alpha value is -4.64. The Bertz CT molecular complexity index is 1630. The first-order valence-corrected chi connectivity index (χ1v) is 12.7. The molecule has 0 aliphatic carbocycles. The Kier molecular flexibility index (Phi) is 6.49. The van der Waals surface area contributed by atoms with Crippen LogP contribution in [0, 0.1) is 0 Å². The van der Waals surface area contributed by atoms with Crippen molar-refractivity contribution in [2.45, 2.75) is 32.4 Å². The van der Waals surface area contributed by atoms with Crippen LogP contribution in [0.1, 0.15) is 19.8 Å². The van der Waals surface area contributed by atoms with Gasteiger partial charge in [-0.25, -0.2) is 24.3 Å². The van der Waals surface area contributed by atoms with Gasteiger partial charge in [-0.2, -0.15) is 9.97 Å². The summed E-state index contributed by atoms with van der Waals surface area (Å²) in [4.78, 5) is 35.3. The lowest BCUT2D eigenvalue weighted by Crippen LogP contribution is -2.34. The molecule has 2 N–H and O–H groups in total. The standard InChI is InChI=1S/C27H27N9O2/c1-2-35-26(37)22-16-31-27(32-20-6-3-5-18(13-20)19-14-29-17-30-15-19)34-25(22)36(35)23-7-4-8-24(33-23)38-21-9-11-28-12-10-21/h3-8,13-17,21,28H,2,9-12H2,1H3,(H,31,32,34). The molecule has 0 amide bonds. The van der Waals surface area contributed by atoms with Crippen LogP contribution in [0.5, 0.6) is 5.88 Å². The van der Waals surface area contributed by atoms with Crippen LogP contribution in [-0.4, -0.2) is 53.5 Å². The van der Waals surface area contributed by atoms with Gasteiger partial charge >= 0.3 is 0 Å². The van der Waals surface area contributed by atoms with Crippen molar-refractivity contribution in [3.63, 3.8) is 0 Å². The average molecular weight is 510 g/mol. The van der Waals surface area contributed by atoms with Crippen LogP contribution in [0.4, 0.5) is 11.6 Å². The SMILES string of the molecule is CCn1c(=O)c2cnc(Nc3cccc(-c4cncnc4)c3)nc2n1-c1cccc(OC2CCNCC2)n1. The number of pyridine rings is 1. The molecule has 0 atom stereocenters. The monoisotopic (exact) mass is 509 g/mol. The van der Waals surface area contributed by atoms with Crippen LogP contribution in [0.2, 0.25) is 0 Å². The Labute approximate surface area is 218 Å². The van der Waals surface area contributed by atoms with Crippen LogP contribution in [-0.2, 0) is 6.54 Å². The first-order chi connectivity index (χ1) is 18.7. The summed E-state index contributed by atoms with van der Waals surface area (Å²) in [5.41, 5.74) is 2.95. The highest BCUT2D eigenvalue weighted by atomic mass is 16.5. The van der Waals surface area contributed by atoms with Crippen molar-refractivity contribution in [3.05, 3.63) is 77.7 Å². The molecule has 1 aliphatic heterocycles. The Morgan fingerprint density at radius 2 is 1.84 bits per heavy atom. The zero-order chi connectivity index (χ0) is 25.9. The number of ether oxygens (including phenoxy) is 1. The number of piperidine rings is 1. The Balaban J connectivity index is 1.36. The highest BCUT2D eigenvalue weighted by Crippen LogP contribution is 2.24. The molecule has 4 aromatic heterocycles. The lowest BCUT2D eigenvalue weighted by Gasteiger charge is -2.23. The fourth-order valence-electron chi connectivity index (χ4n) is 4.63. The average Bonchev–Trinajstić information content (AvgIpc) is 3.25. The third-order valence-electron chi connectivity index (χ3n) is 6.49. The molecule has 0 saturated carbocycles. The predicted molar refractivity (Wildman–Crippen MR) is 144 cm³/mol. The minimum atomic E-state index is -0.174. The number of rotatable bonds is 7. The molecular formula is C27H27N9O2. The van der Waals surface area contributed by atoms with E-state index in [0.29, 0.717) is 35.2 Å². The van der Waals surface area contributed by atoms with Crippen LogP contribution in [0.3, 0.4) is 0 Å². The number of anilines is 2. The molecule has 0 spiro atoms. The van der Waals surface area contributed by atoms with Gasteiger partial charge < -0.3 is 15.4 Å². The van der Waals surface area contributed by atoms with Gasteiger partial charge in [0.15, 0.2) is 11.5 Å². The van der Waals surface area contributed by atoms with E-state index in [-0.39, 0.29) is 11.7 Å². The second kappa shape index (κ2) is 10.4. The third kappa shape index (κ3) is 4.71. The zero-order valence-electron chi connectivity index (χ0n) is 20.9. The van der Waals surface area contributed by atoms with E-state index in [9.17, 15) is 4.79 Å². The van der Waals surface area contributed by atoms with E-state index in [1.165, 1.54) is 6.33 Å². The first-order valence-electron chi connectivity index (χ1n) is 12.7. The van der Waals surface area contributed by atoms with Crippen molar-refractivity contribution < 1.29 is 4.74 Å². The molecule has 38 heavy (non-hydrogen) atoms. The molecular weight excluding hydrogens is 482 g/mol. The molecule has 11 nitrogen and oxygen atoms in total. The van der Waals surface area contributed by atoms with Crippen molar-refractivity contribution in [2.75, 3.05) is 18.4 Å². The van der Waals surface area contributed by atoms with E-state index in [1.807, 2.05) is 49.4 Å². The maximum Gasteiger partial charge on any atom is 0.278 e. The van der Waals surface area contributed by atoms with E-state index in [2.05, 4.69) is 25.6 Å². The number of aromatic nitrogens is 7. The molecule has 6 rings (SSSR count). The number of hydrogen-bond acceptors (Lipinski definition) is 9. The highest BCUT2D eigenvalue weighted by molar-refractivity contribution is 5.77. The maximum absolute atomic E-state index is 13.2. The lowest BCUT2D eigenvalue weighted by molar-refractivity contribution is 0.156. The summed E-state index contributed by atoms with van der Waals surface area (Å²) in [7, 11) is 0. The summed E-state index contributed by atoms with van der Waals surface area (Å²) < 4.78 is 9.50. The summed E-state index contributed by atoms with van der Waals surface area (Å²) >= 11 is 0. The van der Waals surface area contributed by atoms with E-state index < -0.39 is 0 Å². The van der Waals surface area contributed by atoms with Crippen LogP contribution >= 0.6 is 0 Å². The van der Waals surface area contributed by atoms with Gasteiger partial charge in [-0.3, -0.25) is 4.79 Å². The minimum absolute atomic E-state index is 0.116. The lowest BCUT2D eigenvalue weighted by atomic mass is 10.1. The molecule has 1 fully saturated rings. The summed E-state index contributed by atoms with van der Waals surface area (Å²) in [6, 6.07) is 13.4. The maximum atomic E-state index is 13.2. The van der Waals surface area contributed by atoms with Gasteiger partial charge in [0.25, 0.3) is 5.56 Å². The van der Waals surface area contributed by atoms with Crippen LogP contribution in [0.15, 0.2) is 72.2 Å². The van der Waals surface area contributed by atoms with E-state index >= 15 is 0 Å². The van der Waals surface area contributed by atoms with Gasteiger partial charge in [0, 0.05) is 42.5 Å². The summed E-state index contributed by atoms with van der Waals surface area (Å²) in [6.07, 6.45) is 8.55. The quantitative estimate of drug-likeness (QED) is 0.340. The molecule has 1 aliphatic rings. The normalized spacial score (nSPS) is 14.0. The molecule has 5 heterocycles. The number of fused-ring (bicyclic) bond motifs is 1. The van der Waals surface area contributed by atoms with Crippen molar-refractivity contribution in [1.82, 2.24) is 39.6 Å². The minimum Gasteiger partial charge on any atom is -0.474 e. The second-order valence-corrected chi connectivity index (χ2v) is 9.00. The summed E-state index contributed by atoms with van der Waals surface area (Å²) in [5.74, 6) is 1.45. The smallest absolute Gasteiger partial charge is 0.278 e. The first kappa shape index (κ1) is 23.7. The highest BCUT2D eigenvalue weighted by Gasteiger charge is 2.19. The molecule has 11 heteroatoms. The number of nitrogens with one attached hydrogen (secondary N) is 2. The largest absolute Gasteiger partial charge is 0.474 e. The molecule has 1 saturated heterocycles. The van der Waals surface area contributed by atoms with Crippen molar-refractivity contribution >= 4 is 22.7 Å². The summed E-state index contributed by atoms with van der Waals surface area (Å²) in [6.45, 7) is 4.21. The predicted octanol–water partition coefficient (Wildman–Crippen LogP) is 3.33. The van der Waals surface area contributed by atoms with Crippen molar-refractivity contribution in [2.24, 2.45) is 0 Å². The van der Waals surface area contributed by atoms with Gasteiger partial charge in [-0.1, -0.05) is 18.2 Å². The summed E-state index contributed by atoms with van der Waals surface area (Å²) in [5, 5.41) is 7.02. The molecule has 192 valence electrons. The Morgan fingerprint density at radius 3 is 2.66 bits per heavy atom. The van der Waals surface area contributed by atoms with Crippen LogP contribution in [0.25, 0.3) is 28.0 Å². The second-order valence-electron chi connectivity index (χ2n) is 9.00. The van der Waals surface area contributed by atoms with Gasteiger partial charge in [-0.15, -0.1) is 0 Å². The molecule has 0 unspecified atom stereocenters. The van der Waals surface area contributed by atoms with Gasteiger partial charge in [0.2, 0.25) is 11.8 Å². The fourth-order valence-corrected chi connectivity index (χ4v) is 4.63. The molecule has 1 aromatic carbocycles. The van der Waals surface area contributed by atoms with E-state index in [0.717, 1.165) is 42.7 Å². The number of hydrogen-bond donors (Lipinski definition) is 2. The zero-order valence-corrected chi connectivity index (χ0v) is 20.9. The van der Waals surface area contributed by atoms with Gasteiger partial charge in [0.1, 0.15) is 17.8 Å². The van der Waals surface area contributed by atoms with Crippen molar-refractivity contribution in [1.29, 1.82) is 0 Å². The fraction of sp³-hybridized carbons (Fsp3) is 0.259. The topological polar surface area (TPSA) is 125 Å². The van der Waals surface area contributed by atoms with Crippen LogP contribution < -0.4 is 20.9 Å². The third-order valence-corrected chi connectivity index (χ3v) is 6.49. The van der Waals surface area contributed by atoms with Gasteiger partial charge in [-0.05, 0) is 56.6 Å². The van der Waals surface area contributed by atoms with E-state index in [1.54, 1.807) is 28.0 Å². The number of benzene rings is 1. The van der Waals surface area contributed by atoms with E-state index in [4.69, 9.17) is 14.7 Å². The number of nitrogens with zero attached hydrogens (tertiary/aromatic N) is 7. The van der Waals surface area contributed by atoms with Gasteiger partial charge in [0.05, 0.1) is 0 Å².